The maximum absolute atomic E-state index is 13.1. The number of hydrogen-bond acceptors (Lipinski definition) is 3. The van der Waals surface area contributed by atoms with Crippen molar-refractivity contribution in [2.24, 2.45) is 5.73 Å². The molecular formula is C11H14FNO3. The Bertz CT molecular complexity index is 381. The van der Waals surface area contributed by atoms with Crippen molar-refractivity contribution >= 4 is 5.97 Å². The molecule has 0 aliphatic rings. The predicted molar refractivity (Wildman–Crippen MR) is 57.0 cm³/mol. The van der Waals surface area contributed by atoms with Crippen LogP contribution in [0.25, 0.3) is 0 Å². The molecule has 16 heavy (non-hydrogen) atoms. The lowest BCUT2D eigenvalue weighted by Gasteiger charge is -2.15. The molecule has 1 atom stereocenters. The Morgan fingerprint density at radius 2 is 2.31 bits per heavy atom. The van der Waals surface area contributed by atoms with E-state index in [0.29, 0.717) is 11.3 Å². The number of methoxy groups -OCH3 is 1. The first-order valence-corrected chi connectivity index (χ1v) is 4.86. The summed E-state index contributed by atoms with van der Waals surface area (Å²) in [4.78, 5) is 11.0. The lowest BCUT2D eigenvalue weighted by Crippen LogP contribution is -2.17. The van der Waals surface area contributed by atoms with Crippen LogP contribution < -0.4 is 10.5 Å². The molecule has 1 aromatic rings. The summed E-state index contributed by atoms with van der Waals surface area (Å²) >= 11 is 0. The summed E-state index contributed by atoms with van der Waals surface area (Å²) in [7, 11) is 1.41. The summed E-state index contributed by atoms with van der Waals surface area (Å²) in [5.41, 5.74) is 5.66. The van der Waals surface area contributed by atoms with Gasteiger partial charge in [0.05, 0.1) is 13.0 Å². The predicted octanol–water partition coefficient (Wildman–Crippen LogP) is 1.35. The van der Waals surface area contributed by atoms with Crippen molar-refractivity contribution in [2.45, 2.75) is 12.3 Å². The largest absolute Gasteiger partial charge is 0.496 e. The summed E-state index contributed by atoms with van der Waals surface area (Å²) < 4.78 is 18.1. The van der Waals surface area contributed by atoms with Gasteiger partial charge in [-0.2, -0.15) is 0 Å². The van der Waals surface area contributed by atoms with Gasteiger partial charge in [-0.05, 0) is 31.2 Å². The Morgan fingerprint density at radius 3 is 2.81 bits per heavy atom. The van der Waals surface area contributed by atoms with Crippen LogP contribution in [-0.4, -0.2) is 24.7 Å². The van der Waals surface area contributed by atoms with E-state index in [1.165, 1.54) is 25.3 Å². The fourth-order valence-corrected chi connectivity index (χ4v) is 1.56. The van der Waals surface area contributed by atoms with E-state index < -0.39 is 17.7 Å². The monoisotopic (exact) mass is 227 g/mol. The minimum Gasteiger partial charge on any atom is -0.496 e. The van der Waals surface area contributed by atoms with Gasteiger partial charge in [-0.15, -0.1) is 0 Å². The highest BCUT2D eigenvalue weighted by molar-refractivity contribution is 5.77. The average Bonchev–Trinajstić information content (AvgIpc) is 2.25. The van der Waals surface area contributed by atoms with E-state index in [1.807, 2.05) is 0 Å². The Kier molecular flexibility index (Phi) is 4.25. The third kappa shape index (κ3) is 2.70. The van der Waals surface area contributed by atoms with Gasteiger partial charge in [0, 0.05) is 5.56 Å². The maximum Gasteiger partial charge on any atom is 0.311 e. The third-order valence-electron chi connectivity index (χ3n) is 2.32. The molecule has 0 amide bonds. The number of carboxylic acid groups (broad SMARTS) is 1. The number of carbonyl (C=O) groups is 1. The highest BCUT2D eigenvalue weighted by Crippen LogP contribution is 2.29. The molecule has 1 rings (SSSR count). The lowest BCUT2D eigenvalue weighted by atomic mass is 9.95. The first-order chi connectivity index (χ1) is 7.60. The van der Waals surface area contributed by atoms with E-state index in [4.69, 9.17) is 15.6 Å². The topological polar surface area (TPSA) is 72.5 Å². The van der Waals surface area contributed by atoms with E-state index in [1.54, 1.807) is 0 Å². The molecule has 5 heteroatoms. The van der Waals surface area contributed by atoms with Gasteiger partial charge in [0.15, 0.2) is 0 Å². The van der Waals surface area contributed by atoms with Crippen molar-refractivity contribution in [1.29, 1.82) is 0 Å². The minimum absolute atomic E-state index is 0.219. The van der Waals surface area contributed by atoms with Gasteiger partial charge >= 0.3 is 5.97 Å². The molecule has 0 aliphatic heterocycles. The Morgan fingerprint density at radius 1 is 1.62 bits per heavy atom. The van der Waals surface area contributed by atoms with Crippen LogP contribution in [0.2, 0.25) is 0 Å². The lowest BCUT2D eigenvalue weighted by molar-refractivity contribution is -0.138. The molecule has 0 fully saturated rings. The van der Waals surface area contributed by atoms with Crippen molar-refractivity contribution in [1.82, 2.24) is 0 Å². The fraction of sp³-hybridized carbons (Fsp3) is 0.364. The maximum atomic E-state index is 13.1. The average molecular weight is 227 g/mol. The molecule has 0 radical (unpaired) electrons. The molecular weight excluding hydrogens is 213 g/mol. The Labute approximate surface area is 92.8 Å². The van der Waals surface area contributed by atoms with E-state index in [-0.39, 0.29) is 13.0 Å². The van der Waals surface area contributed by atoms with Crippen molar-refractivity contribution in [3.05, 3.63) is 29.6 Å². The van der Waals surface area contributed by atoms with Crippen LogP contribution in [0.1, 0.15) is 17.9 Å². The quantitative estimate of drug-likeness (QED) is 0.796. The molecule has 1 aromatic carbocycles. The van der Waals surface area contributed by atoms with Crippen molar-refractivity contribution in [2.75, 3.05) is 13.7 Å². The van der Waals surface area contributed by atoms with Gasteiger partial charge < -0.3 is 15.6 Å². The van der Waals surface area contributed by atoms with Crippen LogP contribution in [-0.2, 0) is 4.79 Å². The number of aliphatic carboxylic acids is 1. The van der Waals surface area contributed by atoms with Gasteiger partial charge in [-0.3, -0.25) is 4.79 Å². The van der Waals surface area contributed by atoms with Crippen LogP contribution in [0.15, 0.2) is 18.2 Å². The van der Waals surface area contributed by atoms with Gasteiger partial charge in [0.1, 0.15) is 11.6 Å². The fourth-order valence-electron chi connectivity index (χ4n) is 1.56. The van der Waals surface area contributed by atoms with E-state index in [9.17, 15) is 9.18 Å². The summed E-state index contributed by atoms with van der Waals surface area (Å²) in [6, 6.07) is 3.81. The van der Waals surface area contributed by atoms with Gasteiger partial charge in [0.25, 0.3) is 0 Å². The zero-order chi connectivity index (χ0) is 12.1. The first kappa shape index (κ1) is 12.4. The van der Waals surface area contributed by atoms with E-state index >= 15 is 0 Å². The molecule has 0 aliphatic carbocycles. The number of nitrogens with two attached hydrogens (primary N) is 1. The Balaban J connectivity index is 3.15. The summed E-state index contributed by atoms with van der Waals surface area (Å²) in [5, 5.41) is 9.04. The smallest absolute Gasteiger partial charge is 0.311 e. The van der Waals surface area contributed by atoms with Crippen LogP contribution in [0.4, 0.5) is 4.39 Å². The van der Waals surface area contributed by atoms with Gasteiger partial charge in [-0.25, -0.2) is 4.39 Å². The minimum atomic E-state index is -1.03. The van der Waals surface area contributed by atoms with Crippen LogP contribution >= 0.6 is 0 Å². The molecule has 0 saturated carbocycles. The van der Waals surface area contributed by atoms with Gasteiger partial charge in [0.2, 0.25) is 0 Å². The molecule has 0 bridgehead atoms. The highest BCUT2D eigenvalue weighted by Gasteiger charge is 2.23. The van der Waals surface area contributed by atoms with Crippen LogP contribution in [0.3, 0.4) is 0 Å². The Hall–Kier alpha value is -1.62. The van der Waals surface area contributed by atoms with Crippen molar-refractivity contribution in [3.8, 4) is 5.75 Å². The number of ether oxygens (including phenoxy) is 1. The normalized spacial score (nSPS) is 12.2. The summed E-state index contributed by atoms with van der Waals surface area (Å²) in [5.74, 6) is -1.99. The molecule has 4 nitrogen and oxygen atoms in total. The number of halogens is 1. The molecule has 0 heterocycles. The molecule has 0 aromatic heterocycles. The molecule has 88 valence electrons. The molecule has 3 N–H and O–H groups in total. The number of benzene rings is 1. The van der Waals surface area contributed by atoms with Crippen LogP contribution in [0, 0.1) is 5.82 Å². The number of hydrogen-bond donors (Lipinski definition) is 2. The molecule has 1 unspecified atom stereocenters. The second kappa shape index (κ2) is 5.46. The zero-order valence-corrected chi connectivity index (χ0v) is 8.94. The third-order valence-corrected chi connectivity index (χ3v) is 2.32. The standard InChI is InChI=1S/C11H14FNO3/c1-16-10-3-2-7(12)6-9(10)8(4-5-13)11(14)15/h2-3,6,8H,4-5,13H2,1H3,(H,14,15). The second-order valence-electron chi connectivity index (χ2n) is 3.35. The van der Waals surface area contributed by atoms with Gasteiger partial charge in [-0.1, -0.05) is 0 Å². The molecule has 0 saturated heterocycles. The zero-order valence-electron chi connectivity index (χ0n) is 8.94. The summed E-state index contributed by atoms with van der Waals surface area (Å²) in [6.07, 6.45) is 0.245. The first-order valence-electron chi connectivity index (χ1n) is 4.86. The van der Waals surface area contributed by atoms with Crippen LogP contribution in [0.5, 0.6) is 5.75 Å². The SMILES string of the molecule is COc1ccc(F)cc1C(CCN)C(=O)O. The van der Waals surface area contributed by atoms with E-state index in [2.05, 4.69) is 0 Å². The number of rotatable bonds is 5. The number of carboxylic acids is 1. The highest BCUT2D eigenvalue weighted by atomic mass is 19.1. The summed E-state index contributed by atoms with van der Waals surface area (Å²) in [6.45, 7) is 0.219. The van der Waals surface area contributed by atoms with E-state index in [0.717, 1.165) is 0 Å². The van der Waals surface area contributed by atoms with Crippen molar-refractivity contribution < 1.29 is 19.0 Å². The van der Waals surface area contributed by atoms with Crippen molar-refractivity contribution in [3.63, 3.8) is 0 Å². The molecule has 0 spiro atoms. The second-order valence-corrected chi connectivity index (χ2v) is 3.35.